The molecular weight excluding hydrogens is 272 g/mol. The van der Waals surface area contributed by atoms with Crippen molar-refractivity contribution in [3.05, 3.63) is 90.0 Å². The Kier molecular flexibility index (Phi) is 4.52. The summed E-state index contributed by atoms with van der Waals surface area (Å²) in [5.41, 5.74) is 3.31. The summed E-state index contributed by atoms with van der Waals surface area (Å²) in [5.74, 6) is 1.75. The summed E-state index contributed by atoms with van der Waals surface area (Å²) in [6.45, 7) is 0.608. The summed E-state index contributed by atoms with van der Waals surface area (Å²) in [6.07, 6.45) is 8.17. The van der Waals surface area contributed by atoms with E-state index in [1.165, 1.54) is 0 Å². The number of para-hydroxylation sites is 1. The third-order valence-electron chi connectivity index (χ3n) is 3.44. The second-order valence-electron chi connectivity index (χ2n) is 4.98. The average molecular weight is 290 g/mol. The summed E-state index contributed by atoms with van der Waals surface area (Å²) < 4.78 is 11.1. The molecule has 1 aliphatic heterocycles. The van der Waals surface area contributed by atoms with E-state index in [1.54, 1.807) is 7.11 Å². The van der Waals surface area contributed by atoms with Gasteiger partial charge in [-0.25, -0.2) is 0 Å². The number of fused-ring (bicyclic) bond motifs is 1. The van der Waals surface area contributed by atoms with E-state index < -0.39 is 0 Å². The molecule has 0 atom stereocenters. The van der Waals surface area contributed by atoms with Gasteiger partial charge in [-0.15, -0.1) is 0 Å². The number of ether oxygens (including phenoxy) is 2. The number of allylic oxidation sites excluding steroid dienone is 4. The first-order valence-electron chi connectivity index (χ1n) is 7.28. The summed E-state index contributed by atoms with van der Waals surface area (Å²) in [4.78, 5) is 0. The van der Waals surface area contributed by atoms with Crippen molar-refractivity contribution in [3.63, 3.8) is 0 Å². The van der Waals surface area contributed by atoms with Gasteiger partial charge in [0.1, 0.15) is 11.5 Å². The van der Waals surface area contributed by atoms with Crippen LogP contribution in [0.3, 0.4) is 0 Å². The second kappa shape index (κ2) is 6.92. The Morgan fingerprint density at radius 1 is 1.00 bits per heavy atom. The van der Waals surface area contributed by atoms with Crippen LogP contribution in [0.1, 0.15) is 11.1 Å². The van der Waals surface area contributed by atoms with Crippen molar-refractivity contribution >= 4 is 11.3 Å². The molecule has 0 aromatic heterocycles. The fourth-order valence-corrected chi connectivity index (χ4v) is 2.37. The lowest BCUT2D eigenvalue weighted by Crippen LogP contribution is -2.03. The van der Waals surface area contributed by atoms with Crippen LogP contribution in [0.25, 0.3) is 11.3 Å². The lowest BCUT2D eigenvalue weighted by molar-refractivity contribution is 0.234. The molecule has 0 fully saturated rings. The Hall–Kier alpha value is -2.58. The van der Waals surface area contributed by atoms with Crippen LogP contribution in [-0.4, -0.2) is 13.7 Å². The molecule has 2 aromatic rings. The van der Waals surface area contributed by atoms with Gasteiger partial charge in [0.2, 0.25) is 0 Å². The van der Waals surface area contributed by atoms with Gasteiger partial charge >= 0.3 is 0 Å². The molecule has 1 aliphatic rings. The Balaban J connectivity index is 1.99. The Bertz CT molecular complexity index is 724. The Morgan fingerprint density at radius 2 is 1.77 bits per heavy atom. The lowest BCUT2D eigenvalue weighted by Gasteiger charge is -2.20. The van der Waals surface area contributed by atoms with E-state index in [0.717, 1.165) is 28.2 Å². The average Bonchev–Trinajstić information content (AvgIpc) is 2.59. The van der Waals surface area contributed by atoms with E-state index in [2.05, 4.69) is 30.4 Å². The van der Waals surface area contributed by atoms with E-state index in [9.17, 15) is 0 Å². The van der Waals surface area contributed by atoms with Crippen LogP contribution in [0.2, 0.25) is 0 Å². The van der Waals surface area contributed by atoms with Gasteiger partial charge in [-0.05, 0) is 17.7 Å². The zero-order valence-electron chi connectivity index (χ0n) is 12.5. The molecule has 0 saturated heterocycles. The number of hydrogen-bond acceptors (Lipinski definition) is 2. The van der Waals surface area contributed by atoms with E-state index in [0.29, 0.717) is 6.61 Å². The zero-order valence-corrected chi connectivity index (χ0v) is 12.5. The molecule has 3 rings (SSSR count). The van der Waals surface area contributed by atoms with Crippen LogP contribution >= 0.6 is 0 Å². The Morgan fingerprint density at radius 3 is 2.59 bits per heavy atom. The molecule has 0 radical (unpaired) electrons. The van der Waals surface area contributed by atoms with Crippen molar-refractivity contribution in [1.82, 2.24) is 0 Å². The smallest absolute Gasteiger partial charge is 0.135 e. The van der Waals surface area contributed by atoms with Crippen molar-refractivity contribution in [2.75, 3.05) is 13.7 Å². The summed E-state index contributed by atoms with van der Waals surface area (Å²) in [6, 6.07) is 18.2. The molecule has 2 nitrogen and oxygen atoms in total. The Labute approximate surface area is 131 Å². The second-order valence-corrected chi connectivity index (χ2v) is 4.98. The molecular formula is C20H18O2. The van der Waals surface area contributed by atoms with E-state index in [1.807, 2.05) is 48.6 Å². The van der Waals surface area contributed by atoms with Gasteiger partial charge < -0.3 is 9.47 Å². The molecule has 110 valence electrons. The predicted molar refractivity (Wildman–Crippen MR) is 90.5 cm³/mol. The molecule has 0 unspecified atom stereocenters. The van der Waals surface area contributed by atoms with Crippen LogP contribution in [0, 0.1) is 0 Å². The standard InChI is InChI=1S/C20H18O2/c1-21-14-8-7-11-17-15-20(16-9-3-2-4-10-16)22-19-13-6-5-12-18(17)19/h2-13,15H,14H2,1H3/b8-7+,17-11-. The summed E-state index contributed by atoms with van der Waals surface area (Å²) in [5, 5.41) is 0. The molecule has 22 heavy (non-hydrogen) atoms. The SMILES string of the molecule is COC/C=C/C=C1/C=C(c2ccccc2)Oc2ccccc21. The number of benzene rings is 2. The number of rotatable bonds is 4. The molecule has 0 saturated carbocycles. The maximum atomic E-state index is 6.05. The van der Waals surface area contributed by atoms with Gasteiger partial charge in [-0.1, -0.05) is 66.8 Å². The third kappa shape index (κ3) is 3.18. The van der Waals surface area contributed by atoms with Gasteiger partial charge in [-0.2, -0.15) is 0 Å². The van der Waals surface area contributed by atoms with E-state index >= 15 is 0 Å². The molecule has 1 heterocycles. The first-order valence-corrected chi connectivity index (χ1v) is 7.28. The van der Waals surface area contributed by atoms with Crippen molar-refractivity contribution in [2.24, 2.45) is 0 Å². The van der Waals surface area contributed by atoms with Crippen LogP contribution < -0.4 is 4.74 Å². The van der Waals surface area contributed by atoms with Crippen molar-refractivity contribution in [2.45, 2.75) is 0 Å². The molecule has 0 amide bonds. The fourth-order valence-electron chi connectivity index (χ4n) is 2.37. The maximum Gasteiger partial charge on any atom is 0.135 e. The summed E-state index contributed by atoms with van der Waals surface area (Å²) in [7, 11) is 1.69. The first kappa shape index (κ1) is 14.4. The van der Waals surface area contributed by atoms with Crippen LogP contribution in [0.4, 0.5) is 0 Å². The van der Waals surface area contributed by atoms with Crippen LogP contribution in [0.5, 0.6) is 5.75 Å². The minimum Gasteiger partial charge on any atom is -0.456 e. The van der Waals surface area contributed by atoms with Crippen LogP contribution in [-0.2, 0) is 4.74 Å². The van der Waals surface area contributed by atoms with Gasteiger partial charge in [0.05, 0.1) is 6.61 Å². The topological polar surface area (TPSA) is 18.5 Å². The highest BCUT2D eigenvalue weighted by Gasteiger charge is 2.16. The highest BCUT2D eigenvalue weighted by molar-refractivity contribution is 5.88. The fraction of sp³-hybridized carbons (Fsp3) is 0.100. The van der Waals surface area contributed by atoms with Gasteiger partial charge in [-0.3, -0.25) is 0 Å². The van der Waals surface area contributed by atoms with Crippen molar-refractivity contribution < 1.29 is 9.47 Å². The monoisotopic (exact) mass is 290 g/mol. The molecule has 0 aliphatic carbocycles. The van der Waals surface area contributed by atoms with Crippen molar-refractivity contribution in [1.29, 1.82) is 0 Å². The molecule has 2 aromatic carbocycles. The lowest BCUT2D eigenvalue weighted by atomic mass is 9.99. The van der Waals surface area contributed by atoms with Gasteiger partial charge in [0, 0.05) is 18.2 Å². The normalized spacial score (nSPS) is 15.5. The molecule has 0 spiro atoms. The predicted octanol–water partition coefficient (Wildman–Crippen LogP) is 4.71. The van der Waals surface area contributed by atoms with Crippen LogP contribution in [0.15, 0.2) is 78.9 Å². The first-order chi connectivity index (χ1) is 10.9. The van der Waals surface area contributed by atoms with Gasteiger partial charge in [0.15, 0.2) is 0 Å². The minimum atomic E-state index is 0.608. The molecule has 0 N–H and O–H groups in total. The van der Waals surface area contributed by atoms with E-state index in [4.69, 9.17) is 9.47 Å². The quantitative estimate of drug-likeness (QED) is 0.812. The van der Waals surface area contributed by atoms with Crippen molar-refractivity contribution in [3.8, 4) is 5.75 Å². The minimum absolute atomic E-state index is 0.608. The molecule has 2 heteroatoms. The van der Waals surface area contributed by atoms with Gasteiger partial charge in [0.25, 0.3) is 0 Å². The molecule has 0 bridgehead atoms. The number of methoxy groups -OCH3 is 1. The number of hydrogen-bond donors (Lipinski definition) is 0. The zero-order chi connectivity index (χ0) is 15.2. The third-order valence-corrected chi connectivity index (χ3v) is 3.44. The largest absolute Gasteiger partial charge is 0.456 e. The maximum absolute atomic E-state index is 6.05. The highest BCUT2D eigenvalue weighted by atomic mass is 16.5. The summed E-state index contributed by atoms with van der Waals surface area (Å²) >= 11 is 0. The highest BCUT2D eigenvalue weighted by Crippen LogP contribution is 2.36. The van der Waals surface area contributed by atoms with E-state index in [-0.39, 0.29) is 0 Å².